The summed E-state index contributed by atoms with van der Waals surface area (Å²) in [5, 5.41) is 19.0. The van der Waals surface area contributed by atoms with Gasteiger partial charge in [-0.1, -0.05) is 30.3 Å². The zero-order chi connectivity index (χ0) is 15.2. The minimum absolute atomic E-state index is 0.101. The van der Waals surface area contributed by atoms with Crippen LogP contribution in [0.15, 0.2) is 48.5 Å². The molecule has 0 aliphatic rings. The van der Waals surface area contributed by atoms with E-state index in [2.05, 4.69) is 0 Å². The predicted molar refractivity (Wildman–Crippen MR) is 79.3 cm³/mol. The number of benzene rings is 2. The van der Waals surface area contributed by atoms with Crippen LogP contribution in [0.3, 0.4) is 0 Å². The maximum Gasteiger partial charge on any atom is 0.159 e. The topological polar surface area (TPSA) is 66.8 Å². The molecule has 21 heavy (non-hydrogen) atoms. The summed E-state index contributed by atoms with van der Waals surface area (Å²) in [6.45, 7) is 1.38. The van der Waals surface area contributed by atoms with Crippen molar-refractivity contribution in [1.82, 2.24) is 0 Å². The van der Waals surface area contributed by atoms with Gasteiger partial charge < -0.3 is 14.9 Å². The Balaban J connectivity index is 2.23. The highest BCUT2D eigenvalue weighted by atomic mass is 16.5. The molecule has 2 N–H and O–H groups in total. The summed E-state index contributed by atoms with van der Waals surface area (Å²) in [6.07, 6.45) is -1.07. The number of aliphatic hydroxyl groups excluding tert-OH is 2. The number of aliphatic hydroxyl groups is 2. The number of carbonyl (C=O) groups is 1. The number of hydrogen-bond acceptors (Lipinski definition) is 4. The van der Waals surface area contributed by atoms with Crippen LogP contribution in [0, 0.1) is 0 Å². The van der Waals surface area contributed by atoms with Gasteiger partial charge in [0.1, 0.15) is 18.5 Å². The van der Waals surface area contributed by atoms with Crippen LogP contribution in [-0.4, -0.2) is 22.6 Å². The maximum atomic E-state index is 11.4. The van der Waals surface area contributed by atoms with E-state index in [-0.39, 0.29) is 5.78 Å². The second kappa shape index (κ2) is 7.02. The lowest BCUT2D eigenvalue weighted by atomic mass is 10.0. The van der Waals surface area contributed by atoms with Gasteiger partial charge in [0.25, 0.3) is 0 Å². The van der Waals surface area contributed by atoms with Crippen molar-refractivity contribution in [2.24, 2.45) is 0 Å². The van der Waals surface area contributed by atoms with Gasteiger partial charge in [0, 0.05) is 11.1 Å². The van der Waals surface area contributed by atoms with E-state index in [4.69, 9.17) is 9.84 Å². The fourth-order valence-electron chi connectivity index (χ4n) is 1.99. The average molecular weight is 286 g/mol. The molecule has 2 aromatic rings. The Morgan fingerprint density at radius 3 is 2.52 bits per heavy atom. The molecular formula is C17H18O4. The van der Waals surface area contributed by atoms with Crippen molar-refractivity contribution in [3.05, 3.63) is 65.2 Å². The van der Waals surface area contributed by atoms with E-state index in [1.165, 1.54) is 6.92 Å². The van der Waals surface area contributed by atoms with Crippen LogP contribution in [0.1, 0.15) is 34.5 Å². The van der Waals surface area contributed by atoms with Gasteiger partial charge in [-0.3, -0.25) is 4.79 Å². The number of hydrogen-bond donors (Lipinski definition) is 2. The highest BCUT2D eigenvalue weighted by Gasteiger charge is 2.15. The Bertz CT molecular complexity index is 607. The molecule has 0 saturated carbocycles. The van der Waals surface area contributed by atoms with Crippen molar-refractivity contribution in [3.8, 4) is 5.75 Å². The van der Waals surface area contributed by atoms with E-state index in [1.54, 1.807) is 18.2 Å². The van der Waals surface area contributed by atoms with Gasteiger partial charge in [0.05, 0.1) is 6.61 Å². The molecule has 0 aromatic heterocycles. The molecule has 0 saturated heterocycles. The van der Waals surface area contributed by atoms with Crippen molar-refractivity contribution in [2.45, 2.75) is 19.6 Å². The Morgan fingerprint density at radius 2 is 1.90 bits per heavy atom. The average Bonchev–Trinajstić information content (AvgIpc) is 2.52. The monoisotopic (exact) mass is 286 g/mol. The lowest BCUT2D eigenvalue weighted by Crippen LogP contribution is -2.08. The quantitative estimate of drug-likeness (QED) is 0.801. The summed E-state index contributed by atoms with van der Waals surface area (Å²) in [5.74, 6) is 0.362. The van der Waals surface area contributed by atoms with Gasteiger partial charge in [-0.2, -0.15) is 0 Å². The van der Waals surface area contributed by atoms with Crippen LogP contribution in [0.25, 0.3) is 0 Å². The summed E-state index contributed by atoms with van der Waals surface area (Å²) in [7, 11) is 0. The Labute approximate surface area is 123 Å². The second-order valence-corrected chi connectivity index (χ2v) is 4.78. The van der Waals surface area contributed by atoms with Gasteiger partial charge in [-0.05, 0) is 30.7 Å². The van der Waals surface area contributed by atoms with Gasteiger partial charge in [0.15, 0.2) is 5.78 Å². The van der Waals surface area contributed by atoms with E-state index in [1.807, 2.05) is 30.3 Å². The maximum absolute atomic E-state index is 11.4. The molecule has 2 rings (SSSR count). The third kappa shape index (κ3) is 3.90. The minimum atomic E-state index is -1.07. The third-order valence-electron chi connectivity index (χ3n) is 3.19. The van der Waals surface area contributed by atoms with Crippen LogP contribution >= 0.6 is 0 Å². The van der Waals surface area contributed by atoms with Crippen LogP contribution in [-0.2, 0) is 6.61 Å². The Hall–Kier alpha value is -2.17. The molecule has 0 spiro atoms. The second-order valence-electron chi connectivity index (χ2n) is 4.78. The first-order valence-corrected chi connectivity index (χ1v) is 6.72. The number of Topliss-reactive ketones (excluding diaryl/α,β-unsaturated/α-hetero) is 1. The van der Waals surface area contributed by atoms with Crippen molar-refractivity contribution in [1.29, 1.82) is 0 Å². The van der Waals surface area contributed by atoms with Crippen molar-refractivity contribution < 1.29 is 19.7 Å². The summed E-state index contributed by atoms with van der Waals surface area (Å²) in [4.78, 5) is 11.4. The van der Waals surface area contributed by atoms with Crippen molar-refractivity contribution >= 4 is 5.78 Å². The lowest BCUT2D eigenvalue weighted by Gasteiger charge is -2.15. The molecule has 4 nitrogen and oxygen atoms in total. The Kier molecular flexibility index (Phi) is 5.09. The largest absolute Gasteiger partial charge is 0.489 e. The first-order chi connectivity index (χ1) is 10.1. The number of carbonyl (C=O) groups excluding carboxylic acids is 1. The molecule has 110 valence electrons. The summed E-state index contributed by atoms with van der Waals surface area (Å²) in [5.41, 5.74) is 1.89. The number of rotatable bonds is 6. The molecule has 4 heteroatoms. The zero-order valence-electron chi connectivity index (χ0n) is 11.8. The normalized spacial score (nSPS) is 12.0. The molecule has 0 amide bonds. The molecule has 1 atom stereocenters. The van der Waals surface area contributed by atoms with Gasteiger partial charge in [0.2, 0.25) is 0 Å². The molecule has 0 radical (unpaired) electrons. The molecule has 0 unspecified atom stereocenters. The molecule has 0 bridgehead atoms. The molecule has 0 heterocycles. The van der Waals surface area contributed by atoms with Crippen molar-refractivity contribution in [3.63, 3.8) is 0 Å². The zero-order valence-corrected chi connectivity index (χ0v) is 11.8. The molecular weight excluding hydrogens is 268 g/mol. The molecule has 2 aromatic carbocycles. The minimum Gasteiger partial charge on any atom is -0.489 e. The van der Waals surface area contributed by atoms with Gasteiger partial charge >= 0.3 is 0 Å². The third-order valence-corrected chi connectivity index (χ3v) is 3.19. The fourth-order valence-corrected chi connectivity index (χ4v) is 1.99. The van der Waals surface area contributed by atoms with E-state index in [0.29, 0.717) is 23.5 Å². The molecule has 0 aliphatic carbocycles. The van der Waals surface area contributed by atoms with Crippen molar-refractivity contribution in [2.75, 3.05) is 6.61 Å². The van der Waals surface area contributed by atoms with Gasteiger partial charge in [-0.15, -0.1) is 0 Å². The molecule has 0 fully saturated rings. The highest BCUT2D eigenvalue weighted by molar-refractivity contribution is 5.94. The number of ketones is 1. The fraction of sp³-hybridized carbons (Fsp3) is 0.235. The van der Waals surface area contributed by atoms with Crippen LogP contribution in [0.2, 0.25) is 0 Å². The predicted octanol–water partition coefficient (Wildman–Crippen LogP) is 2.49. The summed E-state index contributed by atoms with van der Waals surface area (Å²) >= 11 is 0. The summed E-state index contributed by atoms with van der Waals surface area (Å²) in [6, 6.07) is 14.5. The lowest BCUT2D eigenvalue weighted by molar-refractivity contribution is 0.0919. The van der Waals surface area contributed by atoms with E-state index < -0.39 is 12.7 Å². The van der Waals surface area contributed by atoms with E-state index in [9.17, 15) is 9.90 Å². The van der Waals surface area contributed by atoms with Crippen LogP contribution in [0.5, 0.6) is 5.75 Å². The Morgan fingerprint density at radius 1 is 1.19 bits per heavy atom. The van der Waals surface area contributed by atoms with Crippen LogP contribution < -0.4 is 4.74 Å². The van der Waals surface area contributed by atoms with Crippen LogP contribution in [0.4, 0.5) is 0 Å². The number of ether oxygens (including phenoxy) is 1. The standard InChI is InChI=1S/C17H18O4/c1-12(19)14-7-8-17(15(9-14)16(20)10-18)21-11-13-5-3-2-4-6-13/h2-9,16,18,20H,10-11H2,1H3/t16-/m1/s1. The summed E-state index contributed by atoms with van der Waals surface area (Å²) < 4.78 is 5.70. The van der Waals surface area contributed by atoms with E-state index in [0.717, 1.165) is 5.56 Å². The highest BCUT2D eigenvalue weighted by Crippen LogP contribution is 2.27. The van der Waals surface area contributed by atoms with E-state index >= 15 is 0 Å². The smallest absolute Gasteiger partial charge is 0.159 e. The van der Waals surface area contributed by atoms with Gasteiger partial charge in [-0.25, -0.2) is 0 Å². The SMILES string of the molecule is CC(=O)c1ccc(OCc2ccccc2)c([C@H](O)CO)c1. The first-order valence-electron chi connectivity index (χ1n) is 6.72. The first kappa shape index (κ1) is 15.2. The molecule has 0 aliphatic heterocycles.